The Morgan fingerprint density at radius 3 is 2.75 bits per heavy atom. The van der Waals surface area contributed by atoms with E-state index in [9.17, 15) is 0 Å². The first-order chi connectivity index (χ1) is 5.93. The van der Waals surface area contributed by atoms with Crippen molar-refractivity contribution in [1.82, 2.24) is 0 Å². The molecule has 0 aromatic carbocycles. The molecule has 1 rings (SSSR count). The van der Waals surface area contributed by atoms with Crippen molar-refractivity contribution in [2.75, 3.05) is 13.2 Å². The molecule has 0 aliphatic carbocycles. The van der Waals surface area contributed by atoms with Crippen LogP contribution in [0.2, 0.25) is 0 Å². The lowest BCUT2D eigenvalue weighted by Crippen LogP contribution is -2.24. The Morgan fingerprint density at radius 1 is 1.33 bits per heavy atom. The van der Waals surface area contributed by atoms with Crippen LogP contribution < -0.4 is 0 Å². The van der Waals surface area contributed by atoms with Crippen molar-refractivity contribution in [3.8, 4) is 0 Å². The summed E-state index contributed by atoms with van der Waals surface area (Å²) in [5.41, 5.74) is 1.53. The van der Waals surface area contributed by atoms with Crippen molar-refractivity contribution < 1.29 is 9.47 Å². The summed E-state index contributed by atoms with van der Waals surface area (Å²) in [6.07, 6.45) is 6.72. The average Bonchev–Trinajstić information content (AvgIpc) is 2.14. The van der Waals surface area contributed by atoms with Crippen molar-refractivity contribution >= 4 is 11.6 Å². The maximum absolute atomic E-state index is 5.36. The van der Waals surface area contributed by atoms with Gasteiger partial charge in [-0.1, -0.05) is 17.7 Å². The predicted octanol–water partition coefficient (Wildman–Crippen LogP) is 2.49. The van der Waals surface area contributed by atoms with Gasteiger partial charge in [0, 0.05) is 12.0 Å². The molecule has 0 atom stereocenters. The minimum absolute atomic E-state index is 0.0255. The average molecular weight is 190 g/mol. The Labute approximate surface area is 78.5 Å². The molecule has 1 aliphatic heterocycles. The summed E-state index contributed by atoms with van der Waals surface area (Å²) in [4.78, 5) is 0. The zero-order valence-electron chi connectivity index (χ0n) is 7.04. The number of hydrogen-bond acceptors (Lipinski definition) is 2. The minimum Gasteiger partial charge on any atom is -0.353 e. The molecule has 0 bridgehead atoms. The van der Waals surface area contributed by atoms with Gasteiger partial charge in [-0.3, -0.25) is 0 Å². The van der Waals surface area contributed by atoms with Crippen LogP contribution in [0, 0.1) is 6.42 Å². The second-order valence-corrected chi connectivity index (χ2v) is 2.90. The van der Waals surface area contributed by atoms with Crippen molar-refractivity contribution in [3.05, 3.63) is 18.0 Å². The molecular formula is C9H14ClO2. The highest BCUT2D eigenvalue weighted by Crippen LogP contribution is 2.11. The van der Waals surface area contributed by atoms with Gasteiger partial charge in [0.05, 0.1) is 13.2 Å². The molecule has 1 aliphatic rings. The highest BCUT2D eigenvalue weighted by Gasteiger charge is 2.12. The van der Waals surface area contributed by atoms with Crippen LogP contribution in [0.5, 0.6) is 0 Å². The fraction of sp³-hybridized carbons (Fsp3) is 0.667. The molecule has 1 saturated heterocycles. The van der Waals surface area contributed by atoms with Crippen LogP contribution in [0.4, 0.5) is 0 Å². The molecule has 1 fully saturated rings. The molecule has 1 radical (unpaired) electrons. The summed E-state index contributed by atoms with van der Waals surface area (Å²) in [6.45, 7) is 1.65. The largest absolute Gasteiger partial charge is 0.353 e. The van der Waals surface area contributed by atoms with Crippen LogP contribution in [0.15, 0.2) is 11.6 Å². The van der Waals surface area contributed by atoms with Gasteiger partial charge in [0.1, 0.15) is 0 Å². The molecule has 1 heterocycles. The van der Waals surface area contributed by atoms with E-state index >= 15 is 0 Å². The topological polar surface area (TPSA) is 18.5 Å². The number of ether oxygens (including phenoxy) is 2. The maximum atomic E-state index is 5.36. The van der Waals surface area contributed by atoms with Crippen LogP contribution in [0.1, 0.15) is 19.3 Å². The quantitative estimate of drug-likeness (QED) is 0.633. The van der Waals surface area contributed by atoms with Crippen LogP contribution >= 0.6 is 11.6 Å². The van der Waals surface area contributed by atoms with Gasteiger partial charge in [0.15, 0.2) is 6.29 Å². The van der Waals surface area contributed by atoms with Gasteiger partial charge in [-0.25, -0.2) is 0 Å². The lowest BCUT2D eigenvalue weighted by Gasteiger charge is -2.22. The van der Waals surface area contributed by atoms with Gasteiger partial charge in [-0.2, -0.15) is 0 Å². The molecule has 69 valence electrons. The second kappa shape index (κ2) is 6.46. The summed E-state index contributed by atoms with van der Waals surface area (Å²) < 4.78 is 10.7. The van der Waals surface area contributed by atoms with Crippen molar-refractivity contribution in [1.29, 1.82) is 0 Å². The highest BCUT2D eigenvalue weighted by atomic mass is 35.5. The lowest BCUT2D eigenvalue weighted by molar-refractivity contribution is -0.177. The third kappa shape index (κ3) is 4.10. The van der Waals surface area contributed by atoms with Crippen molar-refractivity contribution in [2.45, 2.75) is 25.6 Å². The number of rotatable bonds is 4. The third-order valence-corrected chi connectivity index (χ3v) is 1.83. The van der Waals surface area contributed by atoms with Gasteiger partial charge in [-0.15, -0.1) is 0 Å². The monoisotopic (exact) mass is 189 g/mol. The number of hydrogen-bond donors (Lipinski definition) is 0. The van der Waals surface area contributed by atoms with Gasteiger partial charge < -0.3 is 9.47 Å². The summed E-state index contributed by atoms with van der Waals surface area (Å²) in [7, 11) is 0. The molecule has 3 heteroatoms. The van der Waals surface area contributed by atoms with Gasteiger partial charge in [0.2, 0.25) is 0 Å². The zero-order chi connectivity index (χ0) is 8.65. The second-order valence-electron chi connectivity index (χ2n) is 2.65. The van der Waals surface area contributed by atoms with Crippen molar-refractivity contribution in [3.63, 3.8) is 0 Å². The van der Waals surface area contributed by atoms with Gasteiger partial charge >= 0.3 is 0 Å². The summed E-state index contributed by atoms with van der Waals surface area (Å²) in [5, 5.41) is 0. The van der Waals surface area contributed by atoms with Crippen LogP contribution in [-0.2, 0) is 9.47 Å². The Balaban J connectivity index is 1.97. The third-order valence-electron chi connectivity index (χ3n) is 1.65. The van der Waals surface area contributed by atoms with E-state index in [1.807, 2.05) is 6.08 Å². The molecule has 0 spiro atoms. The standard InChI is InChI=1S/C9H14ClO2/c10-6-3-1-2-5-9-11-7-4-8-12-9/h2-3,6,9H,1,4-5,7-8H2. The van der Waals surface area contributed by atoms with Crippen LogP contribution in [-0.4, -0.2) is 19.5 Å². The fourth-order valence-corrected chi connectivity index (χ4v) is 1.16. The first kappa shape index (κ1) is 10.0. The molecule has 0 aromatic rings. The minimum atomic E-state index is -0.0255. The van der Waals surface area contributed by atoms with E-state index in [2.05, 4.69) is 6.42 Å². The number of halogens is 1. The highest BCUT2D eigenvalue weighted by molar-refractivity contribution is 6.25. The fourth-order valence-electron chi connectivity index (χ4n) is 1.05. The smallest absolute Gasteiger partial charge is 0.157 e. The Bertz CT molecular complexity index is 130. The summed E-state index contributed by atoms with van der Waals surface area (Å²) >= 11 is 5.36. The molecule has 0 aromatic heterocycles. The van der Waals surface area contributed by atoms with E-state index < -0.39 is 0 Å². The molecule has 0 amide bonds. The normalized spacial score (nSPS) is 20.4. The molecule has 0 saturated carbocycles. The maximum Gasteiger partial charge on any atom is 0.157 e. The van der Waals surface area contributed by atoms with E-state index in [-0.39, 0.29) is 6.29 Å². The predicted molar refractivity (Wildman–Crippen MR) is 48.8 cm³/mol. The number of allylic oxidation sites excluding steroid dienone is 1. The van der Waals surface area contributed by atoms with E-state index in [1.165, 1.54) is 5.54 Å². The number of unbranched alkanes of at least 4 members (excludes halogenated alkanes) is 1. The zero-order valence-corrected chi connectivity index (χ0v) is 7.80. The van der Waals surface area contributed by atoms with E-state index in [0.717, 1.165) is 32.5 Å². The first-order valence-corrected chi connectivity index (χ1v) is 4.67. The summed E-state index contributed by atoms with van der Waals surface area (Å²) in [6, 6.07) is 0. The van der Waals surface area contributed by atoms with Gasteiger partial charge in [-0.05, 0) is 19.3 Å². The van der Waals surface area contributed by atoms with E-state index in [0.29, 0.717) is 0 Å². The first-order valence-electron chi connectivity index (χ1n) is 4.23. The molecule has 12 heavy (non-hydrogen) atoms. The SMILES string of the molecule is ClC=CC[CH]CC1OCCCO1. The van der Waals surface area contributed by atoms with E-state index in [4.69, 9.17) is 21.1 Å². The van der Waals surface area contributed by atoms with Crippen LogP contribution in [0.3, 0.4) is 0 Å². The van der Waals surface area contributed by atoms with E-state index in [1.54, 1.807) is 0 Å². The van der Waals surface area contributed by atoms with Crippen LogP contribution in [0.25, 0.3) is 0 Å². The molecular weight excluding hydrogens is 176 g/mol. The Morgan fingerprint density at radius 2 is 2.08 bits per heavy atom. The molecule has 2 nitrogen and oxygen atoms in total. The molecule has 0 unspecified atom stereocenters. The Kier molecular flexibility index (Phi) is 5.41. The summed E-state index contributed by atoms with van der Waals surface area (Å²) in [5.74, 6) is 0. The van der Waals surface area contributed by atoms with Gasteiger partial charge in [0.25, 0.3) is 0 Å². The lowest BCUT2D eigenvalue weighted by atomic mass is 10.2. The molecule has 0 N–H and O–H groups in total. The Hall–Kier alpha value is -0.0500. The van der Waals surface area contributed by atoms with Crippen molar-refractivity contribution in [2.24, 2.45) is 0 Å².